The van der Waals surface area contributed by atoms with Gasteiger partial charge in [-0.05, 0) is 0 Å². The van der Waals surface area contributed by atoms with Gasteiger partial charge in [0.15, 0.2) is 0 Å². The van der Waals surface area contributed by atoms with E-state index < -0.39 is 0 Å². The molecular formula is C16H35PSe. The molecule has 0 bridgehead atoms. The van der Waals surface area contributed by atoms with Crippen LogP contribution >= 0.6 is 6.61 Å². The molecule has 0 heterocycles. The van der Waals surface area contributed by atoms with Crippen LogP contribution in [0.5, 0.6) is 0 Å². The van der Waals surface area contributed by atoms with Gasteiger partial charge in [0, 0.05) is 0 Å². The van der Waals surface area contributed by atoms with Gasteiger partial charge in [-0.15, -0.1) is 0 Å². The van der Waals surface area contributed by atoms with E-state index in [9.17, 15) is 0 Å². The SMILES string of the molecule is CCCCCCCCP([SeH])CCCCCCCC. The molecule has 0 unspecified atom stereocenters. The Morgan fingerprint density at radius 3 is 1.28 bits per heavy atom. The van der Waals surface area contributed by atoms with E-state index in [1.54, 1.807) is 0 Å². The van der Waals surface area contributed by atoms with Crippen LogP contribution in [0.1, 0.15) is 90.9 Å². The van der Waals surface area contributed by atoms with Gasteiger partial charge in [-0.25, -0.2) is 0 Å². The molecule has 0 nitrogen and oxygen atoms in total. The van der Waals surface area contributed by atoms with Gasteiger partial charge in [0.1, 0.15) is 0 Å². The minimum absolute atomic E-state index is 0.308. The third-order valence-electron chi connectivity index (χ3n) is 3.54. The molecule has 0 atom stereocenters. The first-order chi connectivity index (χ1) is 8.81. The van der Waals surface area contributed by atoms with Gasteiger partial charge in [0.25, 0.3) is 0 Å². The van der Waals surface area contributed by atoms with E-state index in [0.29, 0.717) is 6.61 Å². The van der Waals surface area contributed by atoms with Crippen LogP contribution in [0.25, 0.3) is 0 Å². The Morgan fingerprint density at radius 2 is 0.889 bits per heavy atom. The summed E-state index contributed by atoms with van der Waals surface area (Å²) in [6.45, 7) is 4.90. The number of unbranched alkanes of at least 4 members (excludes halogenated alkanes) is 10. The molecule has 110 valence electrons. The molecule has 0 aromatic carbocycles. The first kappa shape index (κ1) is 18.9. The van der Waals surface area contributed by atoms with E-state index in [0.717, 1.165) is 0 Å². The van der Waals surface area contributed by atoms with Gasteiger partial charge in [-0.2, -0.15) is 0 Å². The normalized spacial score (nSPS) is 11.3. The molecule has 18 heavy (non-hydrogen) atoms. The van der Waals surface area contributed by atoms with E-state index in [-0.39, 0.29) is 0 Å². The van der Waals surface area contributed by atoms with Gasteiger partial charge in [0.05, 0.1) is 0 Å². The van der Waals surface area contributed by atoms with E-state index in [1.807, 2.05) is 0 Å². The fourth-order valence-corrected chi connectivity index (χ4v) is 5.44. The molecule has 0 spiro atoms. The van der Waals surface area contributed by atoms with Crippen molar-refractivity contribution in [2.24, 2.45) is 0 Å². The van der Waals surface area contributed by atoms with E-state index >= 15 is 0 Å². The van der Waals surface area contributed by atoms with Gasteiger partial charge in [0.2, 0.25) is 0 Å². The molecule has 0 radical (unpaired) electrons. The van der Waals surface area contributed by atoms with Crippen LogP contribution in [0.15, 0.2) is 0 Å². The zero-order valence-electron chi connectivity index (χ0n) is 12.8. The third kappa shape index (κ3) is 15.0. The summed E-state index contributed by atoms with van der Waals surface area (Å²) in [5.74, 6) is 0. The summed E-state index contributed by atoms with van der Waals surface area (Å²) in [6, 6.07) is 0. The van der Waals surface area contributed by atoms with Crippen LogP contribution in [0.3, 0.4) is 0 Å². The quantitative estimate of drug-likeness (QED) is 0.207. The number of hydrogen-bond acceptors (Lipinski definition) is 0. The van der Waals surface area contributed by atoms with Crippen molar-refractivity contribution in [2.45, 2.75) is 90.9 Å². The maximum absolute atomic E-state index is 2.98. The summed E-state index contributed by atoms with van der Waals surface area (Å²) in [4.78, 5) is 0. The molecule has 0 saturated heterocycles. The average molecular weight is 337 g/mol. The predicted molar refractivity (Wildman–Crippen MR) is 90.6 cm³/mol. The summed E-state index contributed by atoms with van der Waals surface area (Å²) in [5, 5.41) is 0. The zero-order valence-corrected chi connectivity index (χ0v) is 15.6. The topological polar surface area (TPSA) is 0 Å². The molecule has 0 aliphatic carbocycles. The Labute approximate surface area is 125 Å². The van der Waals surface area contributed by atoms with Crippen molar-refractivity contribution < 1.29 is 0 Å². The summed E-state index contributed by atoms with van der Waals surface area (Å²) in [6.07, 6.45) is 20.4. The number of rotatable bonds is 14. The molecule has 0 aliphatic rings. The molecule has 0 saturated carbocycles. The third-order valence-corrected chi connectivity index (χ3v) is 7.72. The van der Waals surface area contributed by atoms with Gasteiger partial charge in [-0.1, -0.05) is 0 Å². The van der Waals surface area contributed by atoms with Gasteiger partial charge in [-0.3, -0.25) is 0 Å². The Hall–Kier alpha value is 0.949. The standard InChI is InChI=1S/C16H35PSe/c1-3-5-7-9-11-13-15-17(18)16-14-12-10-8-6-4-2/h18H,3-16H2,1-2H3. The Kier molecular flexibility index (Phi) is 16.8. The second-order valence-corrected chi connectivity index (χ2v) is 11.0. The fraction of sp³-hybridized carbons (Fsp3) is 1.00. The second-order valence-electron chi connectivity index (χ2n) is 5.49. The van der Waals surface area contributed by atoms with Crippen molar-refractivity contribution in [3.63, 3.8) is 0 Å². The van der Waals surface area contributed by atoms with Gasteiger partial charge >= 0.3 is 125 Å². The fourth-order valence-electron chi connectivity index (χ4n) is 2.26. The van der Waals surface area contributed by atoms with E-state index in [2.05, 4.69) is 29.4 Å². The average Bonchev–Trinajstić information content (AvgIpc) is 2.38. The Balaban J connectivity index is 3.10. The van der Waals surface area contributed by atoms with Crippen molar-refractivity contribution in [1.29, 1.82) is 0 Å². The van der Waals surface area contributed by atoms with E-state index in [4.69, 9.17) is 0 Å². The molecule has 0 rings (SSSR count). The van der Waals surface area contributed by atoms with Crippen LogP contribution in [-0.2, 0) is 0 Å². The van der Waals surface area contributed by atoms with Crippen molar-refractivity contribution in [2.75, 3.05) is 12.3 Å². The summed E-state index contributed by atoms with van der Waals surface area (Å²) < 4.78 is 0. The van der Waals surface area contributed by atoms with Crippen LogP contribution in [0.4, 0.5) is 0 Å². The summed E-state index contributed by atoms with van der Waals surface area (Å²) in [7, 11) is 0. The van der Waals surface area contributed by atoms with E-state index in [1.165, 1.54) is 89.4 Å². The van der Waals surface area contributed by atoms with Crippen molar-refractivity contribution in [3.05, 3.63) is 0 Å². The monoisotopic (exact) mass is 338 g/mol. The van der Waals surface area contributed by atoms with Crippen LogP contribution in [0, 0.1) is 0 Å². The van der Waals surface area contributed by atoms with Crippen molar-refractivity contribution in [3.8, 4) is 0 Å². The molecular weight excluding hydrogens is 302 g/mol. The molecule has 0 N–H and O–H groups in total. The van der Waals surface area contributed by atoms with Crippen LogP contribution < -0.4 is 0 Å². The molecule has 0 aromatic heterocycles. The maximum atomic E-state index is 2.98. The minimum atomic E-state index is 0.308. The van der Waals surface area contributed by atoms with Crippen molar-refractivity contribution >= 4 is 22.2 Å². The second kappa shape index (κ2) is 16.0. The summed E-state index contributed by atoms with van der Waals surface area (Å²) >= 11 is 2.98. The molecule has 0 fully saturated rings. The molecule has 0 amide bonds. The molecule has 0 aromatic rings. The first-order valence-corrected chi connectivity index (χ1v) is 12.4. The van der Waals surface area contributed by atoms with Gasteiger partial charge < -0.3 is 0 Å². The number of hydrogen-bond donors (Lipinski definition) is 0. The zero-order chi connectivity index (χ0) is 13.5. The van der Waals surface area contributed by atoms with Crippen LogP contribution in [-0.4, -0.2) is 27.9 Å². The Morgan fingerprint density at radius 1 is 0.556 bits per heavy atom. The van der Waals surface area contributed by atoms with Crippen LogP contribution in [0.2, 0.25) is 0 Å². The molecule has 2 heteroatoms. The van der Waals surface area contributed by atoms with Crippen molar-refractivity contribution in [1.82, 2.24) is 0 Å². The molecule has 0 aliphatic heterocycles. The summed E-state index contributed by atoms with van der Waals surface area (Å²) in [5.41, 5.74) is 0. The Bertz CT molecular complexity index is 134. The predicted octanol–water partition coefficient (Wildman–Crippen LogP) is 6.01. The first-order valence-electron chi connectivity index (χ1n) is 8.25.